The molecule has 2 heteroatoms. The number of anilines is 1. The van der Waals surface area contributed by atoms with Crippen LogP contribution in [0.1, 0.15) is 39.0 Å². The first kappa shape index (κ1) is 14.4. The van der Waals surface area contributed by atoms with Gasteiger partial charge in [0.25, 0.3) is 0 Å². The summed E-state index contributed by atoms with van der Waals surface area (Å²) >= 11 is 0. The molecule has 0 spiro atoms. The van der Waals surface area contributed by atoms with Gasteiger partial charge in [0.2, 0.25) is 0 Å². The fourth-order valence-electron chi connectivity index (χ4n) is 3.05. The first-order chi connectivity index (χ1) is 9.25. The molecule has 1 fully saturated rings. The predicted molar refractivity (Wildman–Crippen MR) is 83.8 cm³/mol. The van der Waals surface area contributed by atoms with Crippen molar-refractivity contribution in [1.82, 2.24) is 5.32 Å². The van der Waals surface area contributed by atoms with Crippen LogP contribution in [0.3, 0.4) is 0 Å². The third kappa shape index (κ3) is 4.87. The summed E-state index contributed by atoms with van der Waals surface area (Å²) in [5.41, 5.74) is 1.31. The van der Waals surface area contributed by atoms with E-state index in [2.05, 4.69) is 54.5 Å². The van der Waals surface area contributed by atoms with Crippen molar-refractivity contribution in [3.63, 3.8) is 0 Å². The van der Waals surface area contributed by atoms with Gasteiger partial charge < -0.3 is 10.2 Å². The third-order valence-electron chi connectivity index (χ3n) is 4.24. The van der Waals surface area contributed by atoms with Gasteiger partial charge in [-0.3, -0.25) is 0 Å². The van der Waals surface area contributed by atoms with Crippen LogP contribution >= 0.6 is 0 Å². The van der Waals surface area contributed by atoms with Crippen molar-refractivity contribution in [3.05, 3.63) is 30.3 Å². The maximum absolute atomic E-state index is 3.73. The number of para-hydroxylation sites is 1. The molecule has 2 nitrogen and oxygen atoms in total. The van der Waals surface area contributed by atoms with E-state index in [4.69, 9.17) is 0 Å². The van der Waals surface area contributed by atoms with Crippen molar-refractivity contribution in [1.29, 1.82) is 0 Å². The van der Waals surface area contributed by atoms with Gasteiger partial charge in [-0.1, -0.05) is 38.0 Å². The molecule has 0 radical (unpaired) electrons. The number of hydrogen-bond acceptors (Lipinski definition) is 2. The summed E-state index contributed by atoms with van der Waals surface area (Å²) in [6, 6.07) is 11.4. The molecule has 0 aromatic heterocycles. The highest BCUT2D eigenvalue weighted by atomic mass is 15.1. The van der Waals surface area contributed by atoms with Gasteiger partial charge in [0.1, 0.15) is 0 Å². The first-order valence-electron chi connectivity index (χ1n) is 7.75. The van der Waals surface area contributed by atoms with Crippen LogP contribution in [0, 0.1) is 5.92 Å². The molecule has 19 heavy (non-hydrogen) atoms. The van der Waals surface area contributed by atoms with Gasteiger partial charge in [-0.05, 0) is 43.9 Å². The van der Waals surface area contributed by atoms with Crippen LogP contribution in [0.25, 0.3) is 0 Å². The lowest BCUT2D eigenvalue weighted by Crippen LogP contribution is -2.35. The lowest BCUT2D eigenvalue weighted by molar-refractivity contribution is 0.301. The molecule has 1 saturated carbocycles. The van der Waals surface area contributed by atoms with Gasteiger partial charge in [-0.15, -0.1) is 0 Å². The first-order valence-corrected chi connectivity index (χ1v) is 7.75. The maximum atomic E-state index is 3.73. The zero-order valence-electron chi connectivity index (χ0n) is 12.4. The van der Waals surface area contributed by atoms with Crippen LogP contribution in [0.5, 0.6) is 0 Å². The largest absolute Gasteiger partial charge is 0.375 e. The predicted octanol–water partition coefficient (Wildman–Crippen LogP) is 3.68. The van der Waals surface area contributed by atoms with Crippen molar-refractivity contribution in [2.45, 2.75) is 45.1 Å². The van der Waals surface area contributed by atoms with Crippen molar-refractivity contribution < 1.29 is 0 Å². The summed E-state index contributed by atoms with van der Waals surface area (Å²) in [7, 11) is 2.18. The highest BCUT2D eigenvalue weighted by Gasteiger charge is 2.17. The van der Waals surface area contributed by atoms with Gasteiger partial charge in [0.15, 0.2) is 0 Å². The minimum atomic E-state index is 0.769. The summed E-state index contributed by atoms with van der Waals surface area (Å²) in [4.78, 5) is 2.34. The van der Waals surface area contributed by atoms with Gasteiger partial charge in [0, 0.05) is 25.3 Å². The summed E-state index contributed by atoms with van der Waals surface area (Å²) < 4.78 is 0. The van der Waals surface area contributed by atoms with Gasteiger partial charge in [-0.2, -0.15) is 0 Å². The van der Waals surface area contributed by atoms with E-state index < -0.39 is 0 Å². The summed E-state index contributed by atoms with van der Waals surface area (Å²) in [6.07, 6.45) is 6.79. The minimum Gasteiger partial charge on any atom is -0.375 e. The average Bonchev–Trinajstić information content (AvgIpc) is 2.44. The van der Waals surface area contributed by atoms with Crippen LogP contribution < -0.4 is 10.2 Å². The van der Waals surface area contributed by atoms with E-state index >= 15 is 0 Å². The SMILES string of the molecule is CC1CCCC(NCCCN(C)c2ccccc2)C1. The normalized spacial score (nSPS) is 23.3. The molecule has 2 unspecified atom stereocenters. The Bertz CT molecular complexity index is 350. The average molecular weight is 260 g/mol. The standard InChI is InChI=1S/C17H28N2/c1-15-8-6-9-16(14-15)18-12-7-13-19(2)17-10-4-3-5-11-17/h3-5,10-11,15-16,18H,6-9,12-14H2,1-2H3. The molecule has 1 aromatic carbocycles. The molecule has 1 aliphatic rings. The molecule has 2 rings (SSSR count). The van der Waals surface area contributed by atoms with E-state index in [-0.39, 0.29) is 0 Å². The number of nitrogens with zero attached hydrogens (tertiary/aromatic N) is 1. The Balaban J connectivity index is 1.61. The van der Waals surface area contributed by atoms with E-state index in [1.807, 2.05) is 0 Å². The number of rotatable bonds is 6. The van der Waals surface area contributed by atoms with Crippen LogP contribution in [0.15, 0.2) is 30.3 Å². The molecule has 0 amide bonds. The Hall–Kier alpha value is -1.02. The quantitative estimate of drug-likeness (QED) is 0.785. The van der Waals surface area contributed by atoms with Crippen molar-refractivity contribution >= 4 is 5.69 Å². The van der Waals surface area contributed by atoms with Crippen LogP contribution in [-0.2, 0) is 0 Å². The lowest BCUT2D eigenvalue weighted by Gasteiger charge is -2.28. The highest BCUT2D eigenvalue weighted by Crippen LogP contribution is 2.23. The lowest BCUT2D eigenvalue weighted by atomic mass is 9.87. The van der Waals surface area contributed by atoms with Crippen LogP contribution in [0.4, 0.5) is 5.69 Å². The Morgan fingerprint density at radius 1 is 1.21 bits per heavy atom. The third-order valence-corrected chi connectivity index (χ3v) is 4.24. The van der Waals surface area contributed by atoms with Gasteiger partial charge in [0.05, 0.1) is 0 Å². The monoisotopic (exact) mass is 260 g/mol. The number of nitrogens with one attached hydrogen (secondary N) is 1. The Labute approximate surface area is 118 Å². The zero-order chi connectivity index (χ0) is 13.5. The Kier molecular flexibility index (Phi) is 5.71. The molecule has 106 valence electrons. The van der Waals surface area contributed by atoms with E-state index in [0.29, 0.717) is 0 Å². The molecule has 0 heterocycles. The second-order valence-electron chi connectivity index (χ2n) is 6.03. The van der Waals surface area contributed by atoms with Gasteiger partial charge >= 0.3 is 0 Å². The van der Waals surface area contributed by atoms with Crippen molar-refractivity contribution in [2.75, 3.05) is 25.0 Å². The molecule has 2 atom stereocenters. The van der Waals surface area contributed by atoms with E-state index in [1.165, 1.54) is 37.8 Å². The minimum absolute atomic E-state index is 0.769. The van der Waals surface area contributed by atoms with Gasteiger partial charge in [-0.25, -0.2) is 0 Å². The smallest absolute Gasteiger partial charge is 0.0363 e. The number of benzene rings is 1. The fourth-order valence-corrected chi connectivity index (χ4v) is 3.05. The Morgan fingerprint density at radius 3 is 2.74 bits per heavy atom. The second-order valence-corrected chi connectivity index (χ2v) is 6.03. The number of hydrogen-bond donors (Lipinski definition) is 1. The summed E-state index contributed by atoms with van der Waals surface area (Å²) in [6.45, 7) is 4.66. The van der Waals surface area contributed by atoms with Crippen LogP contribution in [0.2, 0.25) is 0 Å². The molecular formula is C17H28N2. The molecule has 1 aliphatic carbocycles. The summed E-state index contributed by atoms with van der Waals surface area (Å²) in [5.74, 6) is 0.915. The van der Waals surface area contributed by atoms with Crippen molar-refractivity contribution in [2.24, 2.45) is 5.92 Å². The topological polar surface area (TPSA) is 15.3 Å². The summed E-state index contributed by atoms with van der Waals surface area (Å²) in [5, 5.41) is 3.73. The van der Waals surface area contributed by atoms with E-state index in [0.717, 1.165) is 25.0 Å². The molecular weight excluding hydrogens is 232 g/mol. The van der Waals surface area contributed by atoms with Crippen molar-refractivity contribution in [3.8, 4) is 0 Å². The zero-order valence-corrected chi connectivity index (χ0v) is 12.4. The second kappa shape index (κ2) is 7.54. The van der Waals surface area contributed by atoms with Crippen LogP contribution in [-0.4, -0.2) is 26.2 Å². The molecule has 0 aliphatic heterocycles. The maximum Gasteiger partial charge on any atom is 0.0363 e. The molecule has 1 aromatic rings. The van der Waals surface area contributed by atoms with E-state index in [9.17, 15) is 0 Å². The highest BCUT2D eigenvalue weighted by molar-refractivity contribution is 5.44. The fraction of sp³-hybridized carbons (Fsp3) is 0.647. The molecule has 1 N–H and O–H groups in total. The Morgan fingerprint density at radius 2 is 2.00 bits per heavy atom. The van der Waals surface area contributed by atoms with E-state index in [1.54, 1.807) is 0 Å². The molecule has 0 saturated heterocycles. The molecule has 0 bridgehead atoms.